The molecule has 4 nitrogen and oxygen atoms in total. The van der Waals surface area contributed by atoms with Crippen LogP contribution >= 0.6 is 0 Å². The summed E-state index contributed by atoms with van der Waals surface area (Å²) in [5.74, 6) is -1.09. The van der Waals surface area contributed by atoms with Crippen LogP contribution in [0.15, 0.2) is 47.4 Å². The molecule has 110 valence electrons. The Balaban J connectivity index is 2.23. The molecule has 2 aromatic rings. The van der Waals surface area contributed by atoms with E-state index in [0.717, 1.165) is 23.8 Å². The summed E-state index contributed by atoms with van der Waals surface area (Å²) in [4.78, 5) is 10.8. The first-order chi connectivity index (χ1) is 10.0. The number of halogens is 1. The lowest BCUT2D eigenvalue weighted by Gasteiger charge is -2.06. The van der Waals surface area contributed by atoms with E-state index in [1.54, 1.807) is 31.4 Å². The standard InChI is InChI=1S/C15H13FO4S/c1-20-12-5-2-10(3-6-12)9-21(19)14-8-11(15(17)18)4-7-13(14)16/h2-8H,9H2,1H3,(H,17,18). The van der Waals surface area contributed by atoms with E-state index in [2.05, 4.69) is 0 Å². The van der Waals surface area contributed by atoms with Gasteiger partial charge in [-0.2, -0.15) is 0 Å². The number of benzene rings is 2. The highest BCUT2D eigenvalue weighted by Gasteiger charge is 2.14. The second kappa shape index (κ2) is 6.49. The van der Waals surface area contributed by atoms with Crippen molar-refractivity contribution in [3.63, 3.8) is 0 Å². The van der Waals surface area contributed by atoms with Crippen LogP contribution in [0.3, 0.4) is 0 Å². The van der Waals surface area contributed by atoms with E-state index < -0.39 is 22.6 Å². The van der Waals surface area contributed by atoms with Crippen molar-refractivity contribution in [2.75, 3.05) is 7.11 Å². The number of ether oxygens (including phenoxy) is 1. The first-order valence-corrected chi connectivity index (χ1v) is 7.37. The predicted molar refractivity (Wildman–Crippen MR) is 76.5 cm³/mol. The van der Waals surface area contributed by atoms with Crippen LogP contribution < -0.4 is 4.74 Å². The Morgan fingerprint density at radius 3 is 2.48 bits per heavy atom. The number of carbonyl (C=O) groups is 1. The summed E-state index contributed by atoms with van der Waals surface area (Å²) in [6, 6.07) is 10.2. The average Bonchev–Trinajstić information content (AvgIpc) is 2.48. The molecule has 0 saturated carbocycles. The van der Waals surface area contributed by atoms with Crippen molar-refractivity contribution < 1.29 is 23.2 Å². The summed E-state index contributed by atoms with van der Waals surface area (Å²) in [6.45, 7) is 0. The molecule has 21 heavy (non-hydrogen) atoms. The Labute approximate surface area is 123 Å². The molecule has 1 atom stereocenters. The minimum absolute atomic E-state index is 0.0884. The first kappa shape index (κ1) is 15.2. The topological polar surface area (TPSA) is 63.6 Å². The fraction of sp³-hybridized carbons (Fsp3) is 0.133. The van der Waals surface area contributed by atoms with E-state index in [1.165, 1.54) is 0 Å². The van der Waals surface area contributed by atoms with Crippen molar-refractivity contribution in [3.05, 3.63) is 59.4 Å². The molecule has 0 aromatic heterocycles. The van der Waals surface area contributed by atoms with Crippen LogP contribution in [0.25, 0.3) is 0 Å². The van der Waals surface area contributed by atoms with Gasteiger partial charge in [-0.05, 0) is 35.9 Å². The van der Waals surface area contributed by atoms with E-state index in [9.17, 15) is 13.4 Å². The molecule has 2 aromatic carbocycles. The van der Waals surface area contributed by atoms with Crippen LogP contribution in [-0.2, 0) is 16.6 Å². The van der Waals surface area contributed by atoms with Crippen LogP contribution in [0.5, 0.6) is 5.75 Å². The zero-order chi connectivity index (χ0) is 15.4. The van der Waals surface area contributed by atoms with Crippen molar-refractivity contribution in [1.82, 2.24) is 0 Å². The molecular weight excluding hydrogens is 295 g/mol. The maximum Gasteiger partial charge on any atom is 0.335 e. The van der Waals surface area contributed by atoms with Gasteiger partial charge in [-0.1, -0.05) is 12.1 Å². The van der Waals surface area contributed by atoms with E-state index in [1.807, 2.05) is 0 Å². The molecule has 2 rings (SSSR count). The molecule has 1 unspecified atom stereocenters. The summed E-state index contributed by atoms with van der Waals surface area (Å²) in [5, 5.41) is 8.89. The van der Waals surface area contributed by atoms with Gasteiger partial charge in [0.1, 0.15) is 11.6 Å². The molecule has 6 heteroatoms. The Morgan fingerprint density at radius 1 is 1.24 bits per heavy atom. The maximum absolute atomic E-state index is 13.7. The lowest BCUT2D eigenvalue weighted by Crippen LogP contribution is -2.03. The zero-order valence-electron chi connectivity index (χ0n) is 11.2. The fourth-order valence-corrected chi connectivity index (χ4v) is 2.96. The number of aromatic carboxylic acids is 1. The highest BCUT2D eigenvalue weighted by atomic mass is 32.2. The van der Waals surface area contributed by atoms with E-state index in [-0.39, 0.29) is 16.2 Å². The molecule has 0 aliphatic carbocycles. The predicted octanol–water partition coefficient (Wildman–Crippen LogP) is 2.84. The number of hydrogen-bond acceptors (Lipinski definition) is 3. The van der Waals surface area contributed by atoms with E-state index in [0.29, 0.717) is 5.75 Å². The number of methoxy groups -OCH3 is 1. The molecule has 1 N–H and O–H groups in total. The summed E-state index contributed by atoms with van der Waals surface area (Å²) in [5.41, 5.74) is 0.656. The van der Waals surface area contributed by atoms with Gasteiger partial charge in [-0.3, -0.25) is 4.21 Å². The van der Waals surface area contributed by atoms with Crippen molar-refractivity contribution in [3.8, 4) is 5.75 Å². The quantitative estimate of drug-likeness (QED) is 0.922. The lowest BCUT2D eigenvalue weighted by molar-refractivity contribution is 0.0696. The van der Waals surface area contributed by atoms with Crippen LogP contribution in [0.4, 0.5) is 4.39 Å². The summed E-state index contributed by atoms with van der Waals surface area (Å²) < 4.78 is 30.9. The number of hydrogen-bond donors (Lipinski definition) is 1. The van der Waals surface area contributed by atoms with Crippen LogP contribution in [0.2, 0.25) is 0 Å². The molecule has 0 aliphatic heterocycles. The molecule has 0 aliphatic rings. The lowest BCUT2D eigenvalue weighted by atomic mass is 10.2. The smallest absolute Gasteiger partial charge is 0.335 e. The van der Waals surface area contributed by atoms with Crippen molar-refractivity contribution in [2.24, 2.45) is 0 Å². The van der Waals surface area contributed by atoms with Gasteiger partial charge in [0.05, 0.1) is 34.1 Å². The molecule has 0 spiro atoms. The summed E-state index contributed by atoms with van der Waals surface area (Å²) in [6.07, 6.45) is 0. The fourth-order valence-electron chi connectivity index (χ4n) is 1.76. The molecule has 0 fully saturated rings. The Bertz CT molecular complexity index is 683. The van der Waals surface area contributed by atoms with Gasteiger partial charge in [0.2, 0.25) is 0 Å². The molecule has 0 amide bonds. The minimum Gasteiger partial charge on any atom is -0.497 e. The van der Waals surface area contributed by atoms with Crippen molar-refractivity contribution in [1.29, 1.82) is 0 Å². The Morgan fingerprint density at radius 2 is 1.90 bits per heavy atom. The molecule has 0 radical (unpaired) electrons. The largest absolute Gasteiger partial charge is 0.497 e. The number of carboxylic acids is 1. The third-order valence-electron chi connectivity index (χ3n) is 2.88. The van der Waals surface area contributed by atoms with Crippen molar-refractivity contribution in [2.45, 2.75) is 10.6 Å². The van der Waals surface area contributed by atoms with Gasteiger partial charge in [-0.15, -0.1) is 0 Å². The second-order valence-corrected chi connectivity index (χ2v) is 5.71. The molecule has 0 heterocycles. The summed E-state index contributed by atoms with van der Waals surface area (Å²) >= 11 is 0. The van der Waals surface area contributed by atoms with Gasteiger partial charge < -0.3 is 9.84 Å². The van der Waals surface area contributed by atoms with Crippen LogP contribution in [0, 0.1) is 5.82 Å². The number of rotatable bonds is 5. The Hall–Kier alpha value is -2.21. The zero-order valence-corrected chi connectivity index (χ0v) is 12.0. The number of carboxylic acid groups (broad SMARTS) is 1. The van der Waals surface area contributed by atoms with Gasteiger partial charge in [0.25, 0.3) is 0 Å². The SMILES string of the molecule is COc1ccc(CS(=O)c2cc(C(=O)O)ccc2F)cc1. The normalized spacial score (nSPS) is 11.9. The van der Waals surface area contributed by atoms with Gasteiger partial charge >= 0.3 is 5.97 Å². The van der Waals surface area contributed by atoms with Gasteiger partial charge in [0, 0.05) is 0 Å². The maximum atomic E-state index is 13.7. The van der Waals surface area contributed by atoms with Gasteiger partial charge in [0.15, 0.2) is 0 Å². The van der Waals surface area contributed by atoms with E-state index in [4.69, 9.17) is 9.84 Å². The molecule has 0 saturated heterocycles. The molecule has 0 bridgehead atoms. The monoisotopic (exact) mass is 308 g/mol. The summed E-state index contributed by atoms with van der Waals surface area (Å²) in [7, 11) is -0.119. The van der Waals surface area contributed by atoms with Crippen molar-refractivity contribution >= 4 is 16.8 Å². The third kappa shape index (κ3) is 3.66. The second-order valence-electron chi connectivity index (χ2n) is 4.29. The third-order valence-corrected chi connectivity index (χ3v) is 4.28. The average molecular weight is 308 g/mol. The van der Waals surface area contributed by atoms with Crippen LogP contribution in [-0.4, -0.2) is 22.4 Å². The van der Waals surface area contributed by atoms with Crippen LogP contribution in [0.1, 0.15) is 15.9 Å². The van der Waals surface area contributed by atoms with Gasteiger partial charge in [-0.25, -0.2) is 9.18 Å². The highest BCUT2D eigenvalue weighted by molar-refractivity contribution is 7.84. The Kier molecular flexibility index (Phi) is 4.70. The molecular formula is C15H13FO4S. The first-order valence-electron chi connectivity index (χ1n) is 6.05. The minimum atomic E-state index is -1.66. The highest BCUT2D eigenvalue weighted by Crippen LogP contribution is 2.19. The van der Waals surface area contributed by atoms with E-state index >= 15 is 0 Å².